The zero-order valence-corrected chi connectivity index (χ0v) is 11.1. The van der Waals surface area contributed by atoms with Crippen LogP contribution >= 0.6 is 0 Å². The van der Waals surface area contributed by atoms with Crippen molar-refractivity contribution in [3.63, 3.8) is 0 Å². The van der Waals surface area contributed by atoms with Gasteiger partial charge in [-0.3, -0.25) is 0 Å². The second kappa shape index (κ2) is 5.09. The molecule has 1 N–H and O–H groups in total. The fourth-order valence-electron chi connectivity index (χ4n) is 3.27. The van der Waals surface area contributed by atoms with Gasteiger partial charge in [-0.2, -0.15) is 0 Å². The summed E-state index contributed by atoms with van der Waals surface area (Å²) in [5.74, 6) is 0.944. The Labute approximate surface area is 104 Å². The number of nitrogens with one attached hydrogen (secondary N) is 1. The molecule has 0 amide bonds. The Morgan fingerprint density at radius 2 is 2.00 bits per heavy atom. The summed E-state index contributed by atoms with van der Waals surface area (Å²) < 4.78 is 5.24. The van der Waals surface area contributed by atoms with Crippen molar-refractivity contribution in [2.45, 2.75) is 44.6 Å². The molecule has 2 atom stereocenters. The summed E-state index contributed by atoms with van der Waals surface area (Å²) >= 11 is 0. The fourth-order valence-corrected chi connectivity index (χ4v) is 3.27. The van der Waals surface area contributed by atoms with Crippen LogP contribution in [-0.2, 0) is 5.41 Å². The standard InChI is InChI=1S/C15H23NO/c1-4-14-15(5-2,10-11-16-14)12-6-8-13(17-3)9-7-12/h6-9,14,16H,4-5,10-11H2,1-3H3. The van der Waals surface area contributed by atoms with E-state index in [1.807, 2.05) is 0 Å². The van der Waals surface area contributed by atoms with E-state index in [0.717, 1.165) is 12.3 Å². The van der Waals surface area contributed by atoms with Crippen LogP contribution in [0.15, 0.2) is 24.3 Å². The average Bonchev–Trinajstić information content (AvgIpc) is 2.83. The molecule has 0 bridgehead atoms. The van der Waals surface area contributed by atoms with Crippen molar-refractivity contribution in [3.05, 3.63) is 29.8 Å². The highest BCUT2D eigenvalue weighted by atomic mass is 16.5. The maximum atomic E-state index is 5.24. The lowest BCUT2D eigenvalue weighted by Gasteiger charge is -2.34. The zero-order valence-electron chi connectivity index (χ0n) is 11.1. The Hall–Kier alpha value is -1.02. The molecule has 2 unspecified atom stereocenters. The van der Waals surface area contributed by atoms with Gasteiger partial charge in [-0.1, -0.05) is 26.0 Å². The van der Waals surface area contributed by atoms with Gasteiger partial charge in [0.15, 0.2) is 0 Å². The van der Waals surface area contributed by atoms with E-state index >= 15 is 0 Å². The third-order valence-electron chi connectivity index (χ3n) is 4.33. The molecule has 17 heavy (non-hydrogen) atoms. The number of ether oxygens (including phenoxy) is 1. The highest BCUT2D eigenvalue weighted by Gasteiger charge is 2.41. The molecule has 1 saturated heterocycles. The first-order valence-corrected chi connectivity index (χ1v) is 6.64. The Kier molecular flexibility index (Phi) is 3.72. The third-order valence-corrected chi connectivity index (χ3v) is 4.33. The summed E-state index contributed by atoms with van der Waals surface area (Å²) in [5, 5.41) is 3.64. The first-order valence-electron chi connectivity index (χ1n) is 6.64. The van der Waals surface area contributed by atoms with Gasteiger partial charge in [0.05, 0.1) is 7.11 Å². The van der Waals surface area contributed by atoms with Crippen LogP contribution in [0.3, 0.4) is 0 Å². The van der Waals surface area contributed by atoms with Crippen molar-refractivity contribution in [2.24, 2.45) is 0 Å². The summed E-state index contributed by atoms with van der Waals surface area (Å²) in [4.78, 5) is 0. The van der Waals surface area contributed by atoms with Crippen molar-refractivity contribution >= 4 is 0 Å². The Bertz CT molecular complexity index is 360. The molecule has 1 fully saturated rings. The number of benzene rings is 1. The lowest BCUT2D eigenvalue weighted by atomic mass is 9.71. The average molecular weight is 233 g/mol. The van der Waals surface area contributed by atoms with E-state index < -0.39 is 0 Å². The van der Waals surface area contributed by atoms with Crippen LogP contribution in [-0.4, -0.2) is 19.7 Å². The molecule has 0 radical (unpaired) electrons. The van der Waals surface area contributed by atoms with Crippen molar-refractivity contribution in [1.29, 1.82) is 0 Å². The van der Waals surface area contributed by atoms with Crippen LogP contribution in [0.5, 0.6) is 5.75 Å². The Morgan fingerprint density at radius 1 is 1.29 bits per heavy atom. The third kappa shape index (κ3) is 2.06. The van der Waals surface area contributed by atoms with Gasteiger partial charge < -0.3 is 10.1 Å². The smallest absolute Gasteiger partial charge is 0.118 e. The van der Waals surface area contributed by atoms with Crippen molar-refractivity contribution < 1.29 is 4.74 Å². The Balaban J connectivity index is 2.33. The van der Waals surface area contributed by atoms with E-state index in [1.165, 1.54) is 24.8 Å². The van der Waals surface area contributed by atoms with Gasteiger partial charge in [0.2, 0.25) is 0 Å². The molecule has 2 heteroatoms. The zero-order chi connectivity index (χ0) is 12.3. The summed E-state index contributed by atoms with van der Waals surface area (Å²) in [6.07, 6.45) is 3.64. The van der Waals surface area contributed by atoms with Crippen molar-refractivity contribution in [1.82, 2.24) is 5.32 Å². The van der Waals surface area contributed by atoms with Crippen LogP contribution in [0, 0.1) is 0 Å². The van der Waals surface area contributed by atoms with Gasteiger partial charge in [0, 0.05) is 11.5 Å². The summed E-state index contributed by atoms with van der Waals surface area (Å²) in [5.41, 5.74) is 1.78. The topological polar surface area (TPSA) is 21.3 Å². The van der Waals surface area contributed by atoms with Crippen LogP contribution in [0.25, 0.3) is 0 Å². The van der Waals surface area contributed by atoms with E-state index in [2.05, 4.69) is 43.4 Å². The van der Waals surface area contributed by atoms with E-state index in [0.29, 0.717) is 11.5 Å². The predicted molar refractivity (Wildman–Crippen MR) is 71.7 cm³/mol. The lowest BCUT2D eigenvalue weighted by Crippen LogP contribution is -2.39. The van der Waals surface area contributed by atoms with E-state index in [4.69, 9.17) is 4.74 Å². The molecule has 0 spiro atoms. The summed E-state index contributed by atoms with van der Waals surface area (Å²) in [7, 11) is 1.72. The van der Waals surface area contributed by atoms with Gasteiger partial charge in [-0.25, -0.2) is 0 Å². The Morgan fingerprint density at radius 3 is 2.53 bits per heavy atom. The molecular formula is C15H23NO. The molecule has 0 aromatic heterocycles. The van der Waals surface area contributed by atoms with Crippen LogP contribution in [0.2, 0.25) is 0 Å². The highest BCUT2D eigenvalue weighted by Crippen LogP contribution is 2.40. The lowest BCUT2D eigenvalue weighted by molar-refractivity contribution is 0.346. The molecule has 1 aromatic rings. The summed E-state index contributed by atoms with van der Waals surface area (Å²) in [6, 6.07) is 9.24. The molecule has 2 nitrogen and oxygen atoms in total. The van der Waals surface area contributed by atoms with Crippen molar-refractivity contribution in [2.75, 3.05) is 13.7 Å². The molecule has 1 aromatic carbocycles. The minimum Gasteiger partial charge on any atom is -0.497 e. The molecule has 94 valence electrons. The number of hydrogen-bond donors (Lipinski definition) is 1. The van der Waals surface area contributed by atoms with Crippen LogP contribution < -0.4 is 10.1 Å². The molecule has 0 aliphatic carbocycles. The largest absolute Gasteiger partial charge is 0.497 e. The fraction of sp³-hybridized carbons (Fsp3) is 0.600. The van der Waals surface area contributed by atoms with Crippen molar-refractivity contribution in [3.8, 4) is 5.75 Å². The van der Waals surface area contributed by atoms with Gasteiger partial charge in [-0.15, -0.1) is 0 Å². The van der Waals surface area contributed by atoms with Gasteiger partial charge in [-0.05, 0) is 43.5 Å². The van der Waals surface area contributed by atoms with Crippen LogP contribution in [0.4, 0.5) is 0 Å². The molecule has 1 aliphatic rings. The first-order chi connectivity index (χ1) is 8.26. The molecular weight excluding hydrogens is 210 g/mol. The number of methoxy groups -OCH3 is 1. The molecule has 0 saturated carbocycles. The van der Waals surface area contributed by atoms with Crippen LogP contribution in [0.1, 0.15) is 38.7 Å². The van der Waals surface area contributed by atoms with Gasteiger partial charge in [0.1, 0.15) is 5.75 Å². The predicted octanol–water partition coefficient (Wildman–Crippen LogP) is 3.11. The molecule has 2 rings (SSSR count). The quantitative estimate of drug-likeness (QED) is 0.862. The first kappa shape index (κ1) is 12.4. The van der Waals surface area contributed by atoms with E-state index in [9.17, 15) is 0 Å². The highest BCUT2D eigenvalue weighted by molar-refractivity contribution is 5.35. The van der Waals surface area contributed by atoms with E-state index in [-0.39, 0.29) is 0 Å². The normalized spacial score (nSPS) is 28.3. The van der Waals surface area contributed by atoms with Gasteiger partial charge >= 0.3 is 0 Å². The molecule has 1 heterocycles. The number of rotatable bonds is 4. The maximum absolute atomic E-state index is 5.24. The SMILES string of the molecule is CCC1NCCC1(CC)c1ccc(OC)cc1. The second-order valence-electron chi connectivity index (χ2n) is 4.90. The van der Waals surface area contributed by atoms with Gasteiger partial charge in [0.25, 0.3) is 0 Å². The molecule has 1 aliphatic heterocycles. The monoisotopic (exact) mass is 233 g/mol. The minimum atomic E-state index is 0.320. The maximum Gasteiger partial charge on any atom is 0.118 e. The minimum absolute atomic E-state index is 0.320. The number of hydrogen-bond acceptors (Lipinski definition) is 2. The van der Waals surface area contributed by atoms with E-state index in [1.54, 1.807) is 7.11 Å². The second-order valence-corrected chi connectivity index (χ2v) is 4.90. The summed E-state index contributed by atoms with van der Waals surface area (Å²) in [6.45, 7) is 5.72.